The lowest BCUT2D eigenvalue weighted by Gasteiger charge is -2.19. The molecule has 0 bridgehead atoms. The maximum Gasteiger partial charge on any atom is 0.128 e. The molecule has 0 aliphatic rings. The molecule has 3 rings (SSSR count). The topological polar surface area (TPSA) is 34.0 Å². The first-order chi connectivity index (χ1) is 13.4. The lowest BCUT2D eigenvalue weighted by molar-refractivity contribution is 0.485. The zero-order valence-corrected chi connectivity index (χ0v) is 18.5. The molecule has 0 N–H and O–H groups in total. The summed E-state index contributed by atoms with van der Waals surface area (Å²) in [5, 5.41) is 0. The second-order valence-corrected chi connectivity index (χ2v) is 7.78. The second-order valence-electron chi connectivity index (χ2n) is 7.78. The molecule has 0 unspecified atom stereocenters. The van der Waals surface area contributed by atoms with Crippen molar-refractivity contribution in [2.75, 3.05) is 18.5 Å². The number of rotatable bonds is 7. The van der Waals surface area contributed by atoms with Crippen LogP contribution in [-0.4, -0.2) is 28.1 Å². The molecule has 3 heterocycles. The third-order valence-electron chi connectivity index (χ3n) is 5.99. The zero-order valence-electron chi connectivity index (χ0n) is 18.5. The number of nitrogens with zero attached hydrogens (tertiary/aromatic N) is 4. The number of fused-ring (bicyclic) bond motifs is 1. The highest BCUT2D eigenvalue weighted by Gasteiger charge is 2.17. The van der Waals surface area contributed by atoms with E-state index in [9.17, 15) is 0 Å². The molecule has 150 valence electrons. The third-order valence-corrected chi connectivity index (χ3v) is 5.99. The highest BCUT2D eigenvalue weighted by Crippen LogP contribution is 2.33. The van der Waals surface area contributed by atoms with Crippen molar-refractivity contribution in [1.29, 1.82) is 0 Å². The van der Waals surface area contributed by atoms with Crippen LogP contribution in [0.25, 0.3) is 22.3 Å². The fraction of sp³-hybridized carbons (Fsp3) is 0.500. The predicted octanol–water partition coefficient (Wildman–Crippen LogP) is 6.09. The monoisotopic (exact) mass is 378 g/mol. The van der Waals surface area contributed by atoms with Crippen molar-refractivity contribution in [3.8, 4) is 11.3 Å². The average Bonchev–Trinajstić information content (AvgIpc) is 3.02. The summed E-state index contributed by atoms with van der Waals surface area (Å²) in [7, 11) is 2.08. The molecule has 4 nitrogen and oxygen atoms in total. The Kier molecular flexibility index (Phi) is 6.07. The Bertz CT molecular complexity index is 966. The molecular weight excluding hydrogens is 344 g/mol. The van der Waals surface area contributed by atoms with Crippen molar-refractivity contribution in [2.24, 2.45) is 0 Å². The van der Waals surface area contributed by atoms with Crippen LogP contribution in [0.1, 0.15) is 63.3 Å². The summed E-state index contributed by atoms with van der Waals surface area (Å²) in [6.07, 6.45) is 7.52. The van der Waals surface area contributed by atoms with Gasteiger partial charge in [-0.2, -0.15) is 0 Å². The second kappa shape index (κ2) is 8.34. The molecule has 0 saturated heterocycles. The van der Waals surface area contributed by atoms with Gasteiger partial charge in [0.1, 0.15) is 5.82 Å². The van der Waals surface area contributed by atoms with E-state index in [-0.39, 0.29) is 0 Å². The number of aromatic nitrogens is 3. The third kappa shape index (κ3) is 3.52. The molecule has 4 heteroatoms. The fourth-order valence-electron chi connectivity index (χ4n) is 4.04. The van der Waals surface area contributed by atoms with Gasteiger partial charge in [-0.3, -0.25) is 0 Å². The molecule has 0 saturated carbocycles. The van der Waals surface area contributed by atoms with Crippen molar-refractivity contribution in [3.63, 3.8) is 0 Å². The van der Waals surface area contributed by atoms with Crippen molar-refractivity contribution in [3.05, 3.63) is 41.2 Å². The van der Waals surface area contributed by atoms with Gasteiger partial charge in [0.05, 0.1) is 16.7 Å². The van der Waals surface area contributed by atoms with E-state index in [1.54, 1.807) is 0 Å². The lowest BCUT2D eigenvalue weighted by Crippen LogP contribution is -2.17. The molecule has 3 aromatic heterocycles. The molecule has 0 amide bonds. The molecule has 0 aliphatic heterocycles. The smallest absolute Gasteiger partial charge is 0.128 e. The summed E-state index contributed by atoms with van der Waals surface area (Å²) in [5.74, 6) is 1.03. The normalized spacial score (nSPS) is 11.6. The van der Waals surface area contributed by atoms with Crippen LogP contribution in [0.2, 0.25) is 0 Å². The van der Waals surface area contributed by atoms with Crippen LogP contribution >= 0.6 is 0 Å². The highest BCUT2D eigenvalue weighted by atomic mass is 15.1. The molecule has 0 fully saturated rings. The van der Waals surface area contributed by atoms with Gasteiger partial charge in [0.15, 0.2) is 0 Å². The summed E-state index contributed by atoms with van der Waals surface area (Å²) >= 11 is 0. The van der Waals surface area contributed by atoms with Crippen molar-refractivity contribution < 1.29 is 0 Å². The molecule has 3 aromatic rings. The van der Waals surface area contributed by atoms with Crippen molar-refractivity contribution in [2.45, 2.75) is 66.8 Å². The minimum absolute atomic E-state index is 0.528. The van der Waals surface area contributed by atoms with Gasteiger partial charge in [-0.05, 0) is 68.9 Å². The van der Waals surface area contributed by atoms with E-state index in [0.717, 1.165) is 48.4 Å². The van der Waals surface area contributed by atoms with Gasteiger partial charge in [0, 0.05) is 37.6 Å². The van der Waals surface area contributed by atoms with Crippen LogP contribution in [0.3, 0.4) is 0 Å². The maximum atomic E-state index is 5.15. The van der Waals surface area contributed by atoms with Gasteiger partial charge in [0.2, 0.25) is 0 Å². The molecule has 0 radical (unpaired) electrons. The van der Waals surface area contributed by atoms with Crippen molar-refractivity contribution in [1.82, 2.24) is 14.5 Å². The first kappa shape index (κ1) is 20.4. The molecule has 28 heavy (non-hydrogen) atoms. The Labute approximate surface area is 169 Å². The highest BCUT2D eigenvalue weighted by molar-refractivity contribution is 5.85. The number of aryl methyl sites for hydroxylation is 3. The van der Waals surface area contributed by atoms with Crippen LogP contribution in [0, 0.1) is 13.8 Å². The van der Waals surface area contributed by atoms with Gasteiger partial charge < -0.3 is 9.47 Å². The Morgan fingerprint density at radius 1 is 1.04 bits per heavy atom. The van der Waals surface area contributed by atoms with E-state index in [1.807, 2.05) is 6.20 Å². The summed E-state index contributed by atoms with van der Waals surface area (Å²) in [6, 6.07) is 5.06. The Morgan fingerprint density at radius 3 is 2.36 bits per heavy atom. The molecular formula is C24H34N4. The summed E-state index contributed by atoms with van der Waals surface area (Å²) < 4.78 is 2.42. The van der Waals surface area contributed by atoms with Crippen LogP contribution in [0.15, 0.2) is 24.5 Å². The minimum Gasteiger partial charge on any atom is -0.360 e. The van der Waals surface area contributed by atoms with E-state index in [1.165, 1.54) is 22.2 Å². The van der Waals surface area contributed by atoms with Gasteiger partial charge in [-0.15, -0.1) is 0 Å². The first-order valence-corrected chi connectivity index (χ1v) is 10.6. The largest absolute Gasteiger partial charge is 0.360 e. The van der Waals surface area contributed by atoms with E-state index in [4.69, 9.17) is 9.97 Å². The maximum absolute atomic E-state index is 5.15. The number of hydrogen-bond acceptors (Lipinski definition) is 3. The molecule has 0 atom stereocenters. The molecule has 0 aromatic carbocycles. The quantitative estimate of drug-likeness (QED) is 0.498. The van der Waals surface area contributed by atoms with E-state index < -0.39 is 0 Å². The Morgan fingerprint density at radius 2 is 1.75 bits per heavy atom. The average molecular weight is 379 g/mol. The van der Waals surface area contributed by atoms with Crippen LogP contribution < -0.4 is 4.90 Å². The van der Waals surface area contributed by atoms with E-state index >= 15 is 0 Å². The van der Waals surface area contributed by atoms with Crippen LogP contribution in [0.5, 0.6) is 0 Å². The lowest BCUT2D eigenvalue weighted by atomic mass is 10.0. The minimum atomic E-state index is 0.528. The SMILES string of the molecule is CCc1cc(N(C)CC)ncc1-c1nc2c(C)cn(C(CC)CC)c2cc1C. The number of hydrogen-bond donors (Lipinski definition) is 0. The number of pyridine rings is 2. The van der Waals surface area contributed by atoms with Crippen molar-refractivity contribution >= 4 is 16.9 Å². The van der Waals surface area contributed by atoms with Crippen LogP contribution in [-0.2, 0) is 6.42 Å². The van der Waals surface area contributed by atoms with E-state index in [0.29, 0.717) is 6.04 Å². The van der Waals surface area contributed by atoms with Gasteiger partial charge in [-0.25, -0.2) is 9.97 Å². The van der Waals surface area contributed by atoms with Gasteiger partial charge >= 0.3 is 0 Å². The zero-order chi connectivity index (χ0) is 20.4. The number of anilines is 1. The summed E-state index contributed by atoms with van der Waals surface area (Å²) in [6.45, 7) is 14.2. The Balaban J connectivity index is 2.17. The summed E-state index contributed by atoms with van der Waals surface area (Å²) in [4.78, 5) is 12.0. The predicted molar refractivity (Wildman–Crippen MR) is 120 cm³/mol. The van der Waals surface area contributed by atoms with Gasteiger partial charge in [-0.1, -0.05) is 20.8 Å². The van der Waals surface area contributed by atoms with Gasteiger partial charge in [0.25, 0.3) is 0 Å². The first-order valence-electron chi connectivity index (χ1n) is 10.6. The van der Waals surface area contributed by atoms with Crippen LogP contribution in [0.4, 0.5) is 5.82 Å². The fourth-order valence-corrected chi connectivity index (χ4v) is 4.04. The molecule has 0 spiro atoms. The van der Waals surface area contributed by atoms with E-state index in [2.05, 4.69) is 76.4 Å². The summed E-state index contributed by atoms with van der Waals surface area (Å²) in [5.41, 5.74) is 8.35. The molecule has 0 aliphatic carbocycles. The Hall–Kier alpha value is -2.36. The standard InChI is InChI=1S/C24H34N4/c1-8-18-13-22(27(7)11-4)25-14-20(18)23-16(5)12-21-24(26-23)17(6)15-28(21)19(9-2)10-3/h12-15,19H,8-11H2,1-7H3.